The van der Waals surface area contributed by atoms with E-state index in [0.29, 0.717) is 5.56 Å². The first-order valence-corrected chi connectivity index (χ1v) is 7.27. The zero-order valence-corrected chi connectivity index (χ0v) is 13.4. The van der Waals surface area contributed by atoms with Crippen molar-refractivity contribution in [3.05, 3.63) is 58.9 Å². The Morgan fingerprint density at radius 2 is 2.00 bits per heavy atom. The van der Waals surface area contributed by atoms with Gasteiger partial charge in [-0.05, 0) is 32.0 Å². The van der Waals surface area contributed by atoms with E-state index < -0.39 is 5.91 Å². The molecule has 0 aliphatic rings. The van der Waals surface area contributed by atoms with Gasteiger partial charge in [-0.3, -0.25) is 19.7 Å². The van der Waals surface area contributed by atoms with Gasteiger partial charge in [0.15, 0.2) is 0 Å². The molecule has 24 heavy (non-hydrogen) atoms. The standard InChI is InChI=1S/C17H17N5O2/c1-12-10-15(11-19-20-16(23)8-9-18)13(2)22(12)21-17(24)14-6-4-3-5-7-14/h3-7,10-11H,8H2,1-2H3,(H,20,23)(H,21,24)/b19-11-. The molecule has 0 radical (unpaired) electrons. The average molecular weight is 323 g/mol. The summed E-state index contributed by atoms with van der Waals surface area (Å²) in [6.07, 6.45) is 1.23. The van der Waals surface area contributed by atoms with Crippen LogP contribution in [0.25, 0.3) is 0 Å². The van der Waals surface area contributed by atoms with Crippen molar-refractivity contribution >= 4 is 18.0 Å². The number of nitriles is 1. The van der Waals surface area contributed by atoms with E-state index in [2.05, 4.69) is 16.0 Å². The number of nitrogens with zero attached hydrogens (tertiary/aromatic N) is 3. The number of aryl methyl sites for hydroxylation is 1. The minimum atomic E-state index is -0.472. The molecular formula is C17H17N5O2. The number of hydrogen-bond donors (Lipinski definition) is 2. The molecule has 1 aromatic carbocycles. The maximum absolute atomic E-state index is 12.2. The van der Waals surface area contributed by atoms with Gasteiger partial charge in [-0.2, -0.15) is 10.4 Å². The molecule has 0 unspecified atom stereocenters. The van der Waals surface area contributed by atoms with Crippen LogP contribution in [-0.2, 0) is 4.79 Å². The van der Waals surface area contributed by atoms with Crippen LogP contribution < -0.4 is 10.9 Å². The van der Waals surface area contributed by atoms with E-state index in [9.17, 15) is 9.59 Å². The fraction of sp³-hybridized carbons (Fsp3) is 0.176. The molecule has 1 heterocycles. The Kier molecular flexibility index (Phi) is 5.47. The lowest BCUT2D eigenvalue weighted by Crippen LogP contribution is -2.24. The van der Waals surface area contributed by atoms with Gasteiger partial charge in [-0.25, -0.2) is 5.43 Å². The van der Waals surface area contributed by atoms with Gasteiger partial charge in [-0.15, -0.1) is 0 Å². The Morgan fingerprint density at radius 1 is 1.29 bits per heavy atom. The molecule has 7 heteroatoms. The molecule has 122 valence electrons. The number of carbonyl (C=O) groups is 2. The quantitative estimate of drug-likeness (QED) is 0.649. The van der Waals surface area contributed by atoms with E-state index >= 15 is 0 Å². The molecule has 0 spiro atoms. The first-order chi connectivity index (χ1) is 11.5. The SMILES string of the molecule is Cc1cc(/C=N\NC(=O)CC#N)c(C)n1NC(=O)c1ccccc1. The molecule has 7 nitrogen and oxygen atoms in total. The van der Waals surface area contributed by atoms with Crippen LogP contribution in [0.4, 0.5) is 0 Å². The normalized spacial score (nSPS) is 10.4. The highest BCUT2D eigenvalue weighted by molar-refractivity contribution is 6.00. The molecule has 0 saturated carbocycles. The number of hydrazone groups is 1. The summed E-state index contributed by atoms with van der Waals surface area (Å²) in [5.41, 5.74) is 7.99. The maximum Gasteiger partial charge on any atom is 0.270 e. The summed E-state index contributed by atoms with van der Waals surface area (Å²) in [6, 6.07) is 12.5. The lowest BCUT2D eigenvalue weighted by atomic mass is 10.2. The van der Waals surface area contributed by atoms with Gasteiger partial charge in [0.25, 0.3) is 11.8 Å². The van der Waals surface area contributed by atoms with Gasteiger partial charge < -0.3 is 0 Å². The Balaban J connectivity index is 2.12. The van der Waals surface area contributed by atoms with Crippen LogP contribution in [-0.4, -0.2) is 22.7 Å². The largest absolute Gasteiger partial charge is 0.272 e. The number of amides is 2. The van der Waals surface area contributed by atoms with Gasteiger partial charge in [-0.1, -0.05) is 18.2 Å². The molecule has 2 amide bonds. The minimum absolute atomic E-state index is 0.219. The van der Waals surface area contributed by atoms with Crippen LogP contribution in [0, 0.1) is 25.2 Å². The maximum atomic E-state index is 12.2. The first kappa shape index (κ1) is 17.0. The summed E-state index contributed by atoms with van der Waals surface area (Å²) >= 11 is 0. The fourth-order valence-electron chi connectivity index (χ4n) is 2.13. The van der Waals surface area contributed by atoms with Crippen LogP contribution in [0.2, 0.25) is 0 Å². The Labute approximate surface area is 139 Å². The summed E-state index contributed by atoms with van der Waals surface area (Å²) in [4.78, 5) is 23.4. The number of nitrogens with one attached hydrogen (secondary N) is 2. The Hall–Kier alpha value is -3.40. The van der Waals surface area contributed by atoms with E-state index in [4.69, 9.17) is 5.26 Å². The van der Waals surface area contributed by atoms with Crippen molar-refractivity contribution in [1.29, 1.82) is 5.26 Å². The number of hydrogen-bond acceptors (Lipinski definition) is 4. The van der Waals surface area contributed by atoms with E-state index in [1.54, 1.807) is 35.0 Å². The van der Waals surface area contributed by atoms with Gasteiger partial charge >= 0.3 is 0 Å². The summed E-state index contributed by atoms with van der Waals surface area (Å²) in [5.74, 6) is -0.692. The predicted octanol–water partition coefficient (Wildman–Crippen LogP) is 1.85. The van der Waals surface area contributed by atoms with Gasteiger partial charge in [0.05, 0.1) is 12.3 Å². The van der Waals surface area contributed by atoms with Crippen molar-refractivity contribution < 1.29 is 9.59 Å². The Bertz CT molecular complexity index is 815. The fourth-order valence-corrected chi connectivity index (χ4v) is 2.13. The second-order valence-corrected chi connectivity index (χ2v) is 5.10. The lowest BCUT2D eigenvalue weighted by molar-refractivity contribution is -0.120. The third kappa shape index (κ3) is 4.08. The minimum Gasteiger partial charge on any atom is -0.272 e. The molecule has 2 N–H and O–H groups in total. The second kappa shape index (κ2) is 7.74. The third-order valence-electron chi connectivity index (χ3n) is 3.35. The van der Waals surface area contributed by atoms with Crippen LogP contribution in [0.5, 0.6) is 0 Å². The Morgan fingerprint density at radius 3 is 2.67 bits per heavy atom. The highest BCUT2D eigenvalue weighted by Crippen LogP contribution is 2.12. The van der Waals surface area contributed by atoms with Crippen LogP contribution in [0.15, 0.2) is 41.5 Å². The molecule has 1 aromatic heterocycles. The predicted molar refractivity (Wildman–Crippen MR) is 90.0 cm³/mol. The molecular weight excluding hydrogens is 306 g/mol. The highest BCUT2D eigenvalue weighted by Gasteiger charge is 2.11. The summed E-state index contributed by atoms with van der Waals surface area (Å²) in [7, 11) is 0. The molecule has 2 rings (SSSR count). The lowest BCUT2D eigenvalue weighted by Gasteiger charge is -2.11. The molecule has 0 aliphatic heterocycles. The van der Waals surface area contributed by atoms with E-state index in [-0.39, 0.29) is 12.3 Å². The highest BCUT2D eigenvalue weighted by atomic mass is 16.2. The van der Waals surface area contributed by atoms with Crippen molar-refractivity contribution in [3.8, 4) is 6.07 Å². The van der Waals surface area contributed by atoms with E-state index in [0.717, 1.165) is 17.0 Å². The summed E-state index contributed by atoms with van der Waals surface area (Å²) < 4.78 is 1.66. The number of carbonyl (C=O) groups excluding carboxylic acids is 2. The third-order valence-corrected chi connectivity index (χ3v) is 3.35. The summed E-state index contributed by atoms with van der Waals surface area (Å²) in [5, 5.41) is 12.2. The van der Waals surface area contributed by atoms with Gasteiger partial charge in [0.2, 0.25) is 0 Å². The van der Waals surface area contributed by atoms with Gasteiger partial charge in [0.1, 0.15) is 6.42 Å². The number of aromatic nitrogens is 1. The van der Waals surface area contributed by atoms with Crippen molar-refractivity contribution in [2.45, 2.75) is 20.3 Å². The molecule has 0 saturated heterocycles. The van der Waals surface area contributed by atoms with Crippen LogP contribution >= 0.6 is 0 Å². The topological polar surface area (TPSA) is 99.3 Å². The molecule has 0 fully saturated rings. The average Bonchev–Trinajstić information content (AvgIpc) is 2.83. The summed E-state index contributed by atoms with van der Waals surface area (Å²) in [6.45, 7) is 3.68. The van der Waals surface area contributed by atoms with Crippen molar-refractivity contribution in [2.75, 3.05) is 5.43 Å². The van der Waals surface area contributed by atoms with Crippen LogP contribution in [0.1, 0.15) is 33.7 Å². The van der Waals surface area contributed by atoms with E-state index in [1.807, 2.05) is 26.0 Å². The smallest absolute Gasteiger partial charge is 0.270 e. The molecule has 2 aromatic rings. The first-order valence-electron chi connectivity index (χ1n) is 7.27. The number of rotatable bonds is 5. The second-order valence-electron chi connectivity index (χ2n) is 5.10. The monoisotopic (exact) mass is 323 g/mol. The molecule has 0 atom stereocenters. The van der Waals surface area contributed by atoms with Crippen molar-refractivity contribution in [1.82, 2.24) is 10.1 Å². The van der Waals surface area contributed by atoms with Crippen molar-refractivity contribution in [3.63, 3.8) is 0 Å². The van der Waals surface area contributed by atoms with E-state index in [1.165, 1.54) is 6.21 Å². The van der Waals surface area contributed by atoms with Crippen molar-refractivity contribution in [2.24, 2.45) is 5.10 Å². The molecule has 0 aliphatic carbocycles. The molecule has 0 bridgehead atoms. The zero-order valence-electron chi connectivity index (χ0n) is 13.4. The zero-order chi connectivity index (χ0) is 17.5. The number of benzene rings is 1. The van der Waals surface area contributed by atoms with Crippen LogP contribution in [0.3, 0.4) is 0 Å². The van der Waals surface area contributed by atoms with Gasteiger partial charge in [0, 0.05) is 22.5 Å².